The van der Waals surface area contributed by atoms with Gasteiger partial charge in [0.05, 0.1) is 12.7 Å². The molecular weight excluding hydrogens is 195 g/mol. The van der Waals surface area contributed by atoms with Crippen LogP contribution in [0.2, 0.25) is 0 Å². The third kappa shape index (κ3) is 2.39. The summed E-state index contributed by atoms with van der Waals surface area (Å²) in [5.74, 6) is -0.288. The van der Waals surface area contributed by atoms with Crippen molar-refractivity contribution in [3.8, 4) is 0 Å². The lowest BCUT2D eigenvalue weighted by Gasteiger charge is -2.33. The van der Waals surface area contributed by atoms with Crippen LogP contribution in [0.3, 0.4) is 0 Å². The van der Waals surface area contributed by atoms with E-state index in [2.05, 4.69) is 4.90 Å². The number of halogens is 1. The van der Waals surface area contributed by atoms with Gasteiger partial charge >= 0.3 is 0 Å². The zero-order valence-corrected chi connectivity index (χ0v) is 8.74. The molecule has 1 fully saturated rings. The van der Waals surface area contributed by atoms with E-state index in [1.54, 1.807) is 6.07 Å². The SMILES string of the molecule is CC1CN(c2cc(N)cc(F)c2)CCO1. The van der Waals surface area contributed by atoms with Gasteiger partial charge in [-0.05, 0) is 25.1 Å². The number of ether oxygens (including phenoxy) is 1. The number of rotatable bonds is 1. The monoisotopic (exact) mass is 210 g/mol. The molecule has 1 saturated heterocycles. The van der Waals surface area contributed by atoms with Gasteiger partial charge in [-0.3, -0.25) is 0 Å². The summed E-state index contributed by atoms with van der Waals surface area (Å²) in [5.41, 5.74) is 6.90. The number of benzene rings is 1. The smallest absolute Gasteiger partial charge is 0.127 e. The Morgan fingerprint density at radius 1 is 1.47 bits per heavy atom. The van der Waals surface area contributed by atoms with Crippen LogP contribution >= 0.6 is 0 Å². The molecule has 1 aliphatic rings. The number of morpholine rings is 1. The first-order valence-electron chi connectivity index (χ1n) is 5.08. The number of hydrogen-bond donors (Lipinski definition) is 1. The van der Waals surface area contributed by atoms with E-state index < -0.39 is 0 Å². The summed E-state index contributed by atoms with van der Waals surface area (Å²) in [6, 6.07) is 4.63. The molecule has 0 amide bonds. The zero-order valence-electron chi connectivity index (χ0n) is 8.74. The molecular formula is C11H15FN2O. The van der Waals surface area contributed by atoms with Crippen molar-refractivity contribution in [1.82, 2.24) is 0 Å². The highest BCUT2D eigenvalue weighted by Crippen LogP contribution is 2.21. The van der Waals surface area contributed by atoms with E-state index in [0.717, 1.165) is 18.8 Å². The maximum atomic E-state index is 13.1. The van der Waals surface area contributed by atoms with Crippen molar-refractivity contribution in [2.75, 3.05) is 30.3 Å². The highest BCUT2D eigenvalue weighted by molar-refractivity contribution is 5.56. The van der Waals surface area contributed by atoms with Gasteiger partial charge in [-0.2, -0.15) is 0 Å². The number of nitrogen functional groups attached to an aromatic ring is 1. The maximum Gasteiger partial charge on any atom is 0.127 e. The van der Waals surface area contributed by atoms with Crippen molar-refractivity contribution in [2.45, 2.75) is 13.0 Å². The highest BCUT2D eigenvalue weighted by Gasteiger charge is 2.17. The Kier molecular flexibility index (Phi) is 2.77. The molecule has 15 heavy (non-hydrogen) atoms. The first-order valence-corrected chi connectivity index (χ1v) is 5.08. The lowest BCUT2D eigenvalue weighted by Crippen LogP contribution is -2.41. The summed E-state index contributed by atoms with van der Waals surface area (Å²) in [5, 5.41) is 0. The quantitative estimate of drug-likeness (QED) is 0.716. The minimum absolute atomic E-state index is 0.184. The number of nitrogens with two attached hydrogens (primary N) is 1. The summed E-state index contributed by atoms with van der Waals surface area (Å²) in [7, 11) is 0. The van der Waals surface area contributed by atoms with Gasteiger partial charge < -0.3 is 15.4 Å². The van der Waals surface area contributed by atoms with E-state index >= 15 is 0 Å². The molecule has 82 valence electrons. The predicted octanol–water partition coefficient (Wildman–Crippen LogP) is 1.63. The average Bonchev–Trinajstić information content (AvgIpc) is 2.16. The summed E-state index contributed by atoms with van der Waals surface area (Å²) in [4.78, 5) is 2.09. The van der Waals surface area contributed by atoms with Crippen LogP contribution in [0.5, 0.6) is 0 Å². The third-order valence-corrected chi connectivity index (χ3v) is 2.51. The van der Waals surface area contributed by atoms with Crippen molar-refractivity contribution in [3.05, 3.63) is 24.0 Å². The van der Waals surface area contributed by atoms with Crippen LogP contribution < -0.4 is 10.6 Å². The average molecular weight is 210 g/mol. The molecule has 1 heterocycles. The molecule has 1 atom stereocenters. The molecule has 0 radical (unpaired) electrons. The van der Waals surface area contributed by atoms with E-state index in [9.17, 15) is 4.39 Å². The fourth-order valence-corrected chi connectivity index (χ4v) is 1.83. The minimum atomic E-state index is -0.288. The molecule has 0 aromatic heterocycles. The summed E-state index contributed by atoms with van der Waals surface area (Å²) in [6.45, 7) is 4.25. The van der Waals surface area contributed by atoms with Gasteiger partial charge in [-0.15, -0.1) is 0 Å². The van der Waals surface area contributed by atoms with Gasteiger partial charge in [0.25, 0.3) is 0 Å². The Hall–Kier alpha value is -1.29. The van der Waals surface area contributed by atoms with Crippen molar-refractivity contribution in [3.63, 3.8) is 0 Å². The van der Waals surface area contributed by atoms with E-state index in [-0.39, 0.29) is 11.9 Å². The van der Waals surface area contributed by atoms with E-state index in [4.69, 9.17) is 10.5 Å². The molecule has 0 aliphatic carbocycles. The van der Waals surface area contributed by atoms with Gasteiger partial charge in [0.15, 0.2) is 0 Å². The van der Waals surface area contributed by atoms with Crippen LogP contribution in [0.4, 0.5) is 15.8 Å². The van der Waals surface area contributed by atoms with Crippen molar-refractivity contribution < 1.29 is 9.13 Å². The molecule has 0 bridgehead atoms. The molecule has 0 saturated carbocycles. The zero-order chi connectivity index (χ0) is 10.8. The minimum Gasteiger partial charge on any atom is -0.399 e. The Balaban J connectivity index is 2.20. The molecule has 1 aromatic carbocycles. The van der Waals surface area contributed by atoms with Crippen molar-refractivity contribution in [2.24, 2.45) is 0 Å². The van der Waals surface area contributed by atoms with Gasteiger partial charge in [0.1, 0.15) is 5.82 Å². The summed E-state index contributed by atoms with van der Waals surface area (Å²) >= 11 is 0. The fraction of sp³-hybridized carbons (Fsp3) is 0.455. The first kappa shape index (κ1) is 10.2. The van der Waals surface area contributed by atoms with Crippen molar-refractivity contribution >= 4 is 11.4 Å². The van der Waals surface area contributed by atoms with Crippen molar-refractivity contribution in [1.29, 1.82) is 0 Å². The predicted molar refractivity (Wildman–Crippen MR) is 58.4 cm³/mol. The topological polar surface area (TPSA) is 38.5 Å². The van der Waals surface area contributed by atoms with Crippen LogP contribution in [0.15, 0.2) is 18.2 Å². The Morgan fingerprint density at radius 2 is 2.27 bits per heavy atom. The third-order valence-electron chi connectivity index (χ3n) is 2.51. The molecule has 1 aliphatic heterocycles. The first-order chi connectivity index (χ1) is 7.15. The molecule has 2 rings (SSSR count). The van der Waals surface area contributed by atoms with Crippen LogP contribution in [-0.4, -0.2) is 25.8 Å². The maximum absolute atomic E-state index is 13.1. The second kappa shape index (κ2) is 4.06. The lowest BCUT2D eigenvalue weighted by atomic mass is 10.2. The highest BCUT2D eigenvalue weighted by atomic mass is 19.1. The van der Waals surface area contributed by atoms with E-state index in [1.807, 2.05) is 6.92 Å². The van der Waals surface area contributed by atoms with E-state index in [0.29, 0.717) is 12.3 Å². The number of anilines is 2. The van der Waals surface area contributed by atoms with Gasteiger partial charge in [-0.25, -0.2) is 4.39 Å². The Bertz CT molecular complexity index is 336. The second-order valence-corrected chi connectivity index (χ2v) is 3.87. The van der Waals surface area contributed by atoms with Gasteiger partial charge in [0.2, 0.25) is 0 Å². The summed E-state index contributed by atoms with van der Waals surface area (Å²) in [6.07, 6.45) is 0.184. The molecule has 2 N–H and O–H groups in total. The normalized spacial score (nSPS) is 21.7. The molecule has 1 unspecified atom stereocenters. The van der Waals surface area contributed by atoms with Crippen LogP contribution in [0, 0.1) is 5.82 Å². The second-order valence-electron chi connectivity index (χ2n) is 3.87. The van der Waals surface area contributed by atoms with Crippen LogP contribution in [0.25, 0.3) is 0 Å². The van der Waals surface area contributed by atoms with Gasteiger partial charge in [0, 0.05) is 24.5 Å². The fourth-order valence-electron chi connectivity index (χ4n) is 1.83. The molecule has 0 spiro atoms. The van der Waals surface area contributed by atoms with Crippen LogP contribution in [-0.2, 0) is 4.74 Å². The van der Waals surface area contributed by atoms with Gasteiger partial charge in [-0.1, -0.05) is 0 Å². The summed E-state index contributed by atoms with van der Waals surface area (Å²) < 4.78 is 18.6. The van der Waals surface area contributed by atoms with Crippen LogP contribution in [0.1, 0.15) is 6.92 Å². The number of nitrogens with zero attached hydrogens (tertiary/aromatic N) is 1. The Labute approximate surface area is 88.6 Å². The Morgan fingerprint density at radius 3 is 2.93 bits per heavy atom. The lowest BCUT2D eigenvalue weighted by molar-refractivity contribution is 0.0532. The molecule has 4 heteroatoms. The largest absolute Gasteiger partial charge is 0.399 e. The molecule has 3 nitrogen and oxygen atoms in total. The standard InChI is InChI=1S/C11H15FN2O/c1-8-7-14(2-3-15-8)11-5-9(12)4-10(13)6-11/h4-6,8H,2-3,7,13H2,1H3. The molecule has 1 aromatic rings. The van der Waals surface area contributed by atoms with E-state index in [1.165, 1.54) is 12.1 Å². The number of hydrogen-bond acceptors (Lipinski definition) is 3.